The Morgan fingerprint density at radius 2 is 2.18 bits per heavy atom. The molecule has 1 nitrogen and oxygen atoms in total. The molecule has 2 heteroatoms. The molecule has 0 amide bonds. The van der Waals surface area contributed by atoms with Crippen molar-refractivity contribution in [1.82, 2.24) is 0 Å². The summed E-state index contributed by atoms with van der Waals surface area (Å²) in [6.07, 6.45) is 0. The molecule has 0 aliphatic heterocycles. The lowest BCUT2D eigenvalue weighted by Crippen LogP contribution is -1.95. The first-order valence-corrected chi connectivity index (χ1v) is 3.61. The average molecular weight is 168 g/mol. The average Bonchev–Trinajstić information content (AvgIpc) is 1.85. The number of hydrogen-bond donors (Lipinski definition) is 0. The van der Waals surface area contributed by atoms with E-state index in [0.29, 0.717) is 10.6 Å². The van der Waals surface area contributed by atoms with E-state index in [1.54, 1.807) is 18.2 Å². The molecular formula is C9H8ClO. The summed E-state index contributed by atoms with van der Waals surface area (Å²) in [5, 5.41) is 0.646. The van der Waals surface area contributed by atoms with Crippen molar-refractivity contribution in [1.29, 1.82) is 0 Å². The highest BCUT2D eigenvalue weighted by molar-refractivity contribution is 6.30. The Morgan fingerprint density at radius 1 is 1.55 bits per heavy atom. The van der Waals surface area contributed by atoms with E-state index in [0.717, 1.165) is 5.56 Å². The van der Waals surface area contributed by atoms with Gasteiger partial charge in [0.25, 0.3) is 0 Å². The molecule has 0 aromatic heterocycles. The molecule has 1 aromatic carbocycles. The summed E-state index contributed by atoms with van der Waals surface area (Å²) in [6.45, 7) is 5.15. The second-order valence-electron chi connectivity index (χ2n) is 2.38. The molecule has 0 saturated carbocycles. The maximum Gasteiger partial charge on any atom is 0.163 e. The molecule has 0 N–H and O–H groups in total. The van der Waals surface area contributed by atoms with Gasteiger partial charge in [-0.1, -0.05) is 11.6 Å². The van der Waals surface area contributed by atoms with Crippen LogP contribution < -0.4 is 0 Å². The quantitative estimate of drug-likeness (QED) is 0.588. The summed E-state index contributed by atoms with van der Waals surface area (Å²) < 4.78 is 0. The van der Waals surface area contributed by atoms with E-state index in [4.69, 9.17) is 11.6 Å². The van der Waals surface area contributed by atoms with Crippen molar-refractivity contribution in [2.24, 2.45) is 0 Å². The topological polar surface area (TPSA) is 17.1 Å². The number of Topliss-reactive ketones (excluding diaryl/α,β-unsaturated/α-hetero) is 1. The summed E-state index contributed by atoms with van der Waals surface area (Å²) in [6, 6.07) is 5.12. The molecule has 0 saturated heterocycles. The first kappa shape index (κ1) is 8.28. The monoisotopic (exact) mass is 167 g/mol. The smallest absolute Gasteiger partial charge is 0.163 e. The number of halogens is 1. The van der Waals surface area contributed by atoms with Gasteiger partial charge >= 0.3 is 0 Å². The second kappa shape index (κ2) is 3.05. The van der Waals surface area contributed by atoms with Gasteiger partial charge in [0.15, 0.2) is 5.78 Å². The van der Waals surface area contributed by atoms with E-state index >= 15 is 0 Å². The van der Waals surface area contributed by atoms with Crippen LogP contribution >= 0.6 is 11.6 Å². The fourth-order valence-corrected chi connectivity index (χ4v) is 1.17. The van der Waals surface area contributed by atoms with Crippen LogP contribution in [0, 0.1) is 13.8 Å². The molecule has 0 bridgehead atoms. The third kappa shape index (κ3) is 1.81. The van der Waals surface area contributed by atoms with E-state index in [2.05, 4.69) is 6.92 Å². The van der Waals surface area contributed by atoms with Crippen molar-refractivity contribution in [2.45, 2.75) is 6.92 Å². The number of aryl methyl sites for hydroxylation is 1. The molecule has 0 atom stereocenters. The number of benzene rings is 1. The third-order valence-corrected chi connectivity index (χ3v) is 1.72. The molecule has 1 radical (unpaired) electrons. The summed E-state index contributed by atoms with van der Waals surface area (Å²) in [7, 11) is 0. The largest absolute Gasteiger partial charge is 0.294 e. The Kier molecular flexibility index (Phi) is 2.30. The van der Waals surface area contributed by atoms with E-state index in [1.165, 1.54) is 0 Å². The van der Waals surface area contributed by atoms with Gasteiger partial charge in [0.2, 0.25) is 0 Å². The number of rotatable bonds is 1. The van der Waals surface area contributed by atoms with Gasteiger partial charge in [0.05, 0.1) is 0 Å². The van der Waals surface area contributed by atoms with Gasteiger partial charge in [0.1, 0.15) is 0 Å². The minimum atomic E-state index is -0.167. The Labute approximate surface area is 71.0 Å². The normalized spacial score (nSPS) is 9.73. The summed E-state index contributed by atoms with van der Waals surface area (Å²) in [5.74, 6) is -0.167. The third-order valence-electron chi connectivity index (χ3n) is 1.49. The van der Waals surface area contributed by atoms with Gasteiger partial charge in [-0.2, -0.15) is 0 Å². The Bertz CT molecular complexity index is 292. The number of carbonyl (C=O) groups is 1. The highest BCUT2D eigenvalue weighted by Gasteiger charge is 2.02. The van der Waals surface area contributed by atoms with E-state index in [1.807, 2.05) is 6.92 Å². The van der Waals surface area contributed by atoms with Crippen molar-refractivity contribution in [2.75, 3.05) is 0 Å². The fraction of sp³-hybridized carbons (Fsp3) is 0.111. The molecule has 1 rings (SSSR count). The van der Waals surface area contributed by atoms with Gasteiger partial charge < -0.3 is 0 Å². The molecule has 0 aliphatic rings. The van der Waals surface area contributed by atoms with Crippen LogP contribution in [-0.4, -0.2) is 5.78 Å². The summed E-state index contributed by atoms with van der Waals surface area (Å²) in [4.78, 5) is 10.8. The zero-order chi connectivity index (χ0) is 8.43. The van der Waals surface area contributed by atoms with Gasteiger partial charge in [0, 0.05) is 17.5 Å². The second-order valence-corrected chi connectivity index (χ2v) is 2.82. The lowest BCUT2D eigenvalue weighted by molar-refractivity contribution is 0.104. The van der Waals surface area contributed by atoms with Crippen LogP contribution in [0.4, 0.5) is 0 Å². The predicted octanol–water partition coefficient (Wildman–Crippen LogP) is 2.67. The Morgan fingerprint density at radius 3 is 2.64 bits per heavy atom. The first-order chi connectivity index (χ1) is 5.11. The molecule has 0 unspecified atom stereocenters. The highest BCUT2D eigenvalue weighted by Crippen LogP contribution is 2.15. The van der Waals surface area contributed by atoms with Crippen molar-refractivity contribution in [3.63, 3.8) is 0 Å². The van der Waals surface area contributed by atoms with Crippen molar-refractivity contribution in [3.8, 4) is 0 Å². The van der Waals surface area contributed by atoms with Crippen molar-refractivity contribution in [3.05, 3.63) is 41.3 Å². The van der Waals surface area contributed by atoms with E-state index in [-0.39, 0.29) is 5.78 Å². The minimum Gasteiger partial charge on any atom is -0.294 e. The lowest BCUT2D eigenvalue weighted by atomic mass is 10.1. The molecule has 1 aromatic rings. The van der Waals surface area contributed by atoms with Crippen molar-refractivity contribution < 1.29 is 4.79 Å². The van der Waals surface area contributed by atoms with Crippen LogP contribution in [0.1, 0.15) is 15.9 Å². The molecule has 11 heavy (non-hydrogen) atoms. The first-order valence-electron chi connectivity index (χ1n) is 3.23. The fourth-order valence-electron chi connectivity index (χ4n) is 0.940. The van der Waals surface area contributed by atoms with Gasteiger partial charge in [-0.05, 0) is 30.7 Å². The Hall–Kier alpha value is -0.820. The zero-order valence-corrected chi connectivity index (χ0v) is 6.98. The van der Waals surface area contributed by atoms with E-state index < -0.39 is 0 Å². The number of ketones is 1. The molecule has 0 spiro atoms. The molecular weight excluding hydrogens is 160 g/mol. The summed E-state index contributed by atoms with van der Waals surface area (Å²) >= 11 is 5.69. The van der Waals surface area contributed by atoms with Crippen LogP contribution in [-0.2, 0) is 0 Å². The van der Waals surface area contributed by atoms with Gasteiger partial charge in [-0.15, -0.1) is 0 Å². The van der Waals surface area contributed by atoms with Crippen LogP contribution in [0.25, 0.3) is 0 Å². The van der Waals surface area contributed by atoms with Crippen molar-refractivity contribution >= 4 is 17.4 Å². The van der Waals surface area contributed by atoms with Gasteiger partial charge in [-0.3, -0.25) is 4.79 Å². The standard InChI is InChI=1S/C9H8ClO/c1-6-5-8(10)3-4-9(6)7(2)11/h3-5H,2H2,1H3. The van der Waals surface area contributed by atoms with Crippen LogP contribution in [0.15, 0.2) is 18.2 Å². The maximum absolute atomic E-state index is 10.8. The molecule has 0 heterocycles. The molecule has 57 valence electrons. The predicted molar refractivity (Wildman–Crippen MR) is 45.9 cm³/mol. The minimum absolute atomic E-state index is 0.167. The van der Waals surface area contributed by atoms with Crippen LogP contribution in [0.5, 0.6) is 0 Å². The zero-order valence-electron chi connectivity index (χ0n) is 6.23. The highest BCUT2D eigenvalue weighted by atomic mass is 35.5. The summed E-state index contributed by atoms with van der Waals surface area (Å²) in [5.41, 5.74) is 1.51. The Balaban J connectivity index is 3.20. The number of carbonyl (C=O) groups excluding carboxylic acids is 1. The molecule has 0 aliphatic carbocycles. The lowest BCUT2D eigenvalue weighted by Gasteiger charge is -2.00. The SMILES string of the molecule is [CH2]C(=O)c1ccc(Cl)cc1C. The number of hydrogen-bond acceptors (Lipinski definition) is 1. The van der Waals surface area contributed by atoms with E-state index in [9.17, 15) is 4.79 Å². The molecule has 0 fully saturated rings. The van der Waals surface area contributed by atoms with Crippen LogP contribution in [0.3, 0.4) is 0 Å². The van der Waals surface area contributed by atoms with Gasteiger partial charge in [-0.25, -0.2) is 0 Å². The maximum atomic E-state index is 10.8. The van der Waals surface area contributed by atoms with Crippen LogP contribution in [0.2, 0.25) is 5.02 Å².